The van der Waals surface area contributed by atoms with E-state index in [4.69, 9.17) is 23.7 Å². The smallest absolute Gasteiger partial charge is 0.230 e. The van der Waals surface area contributed by atoms with Gasteiger partial charge in [0.05, 0.1) is 47.5 Å². The maximum atomic E-state index is 13.7. The van der Waals surface area contributed by atoms with E-state index in [1.165, 1.54) is 21.3 Å². The molecule has 1 saturated heterocycles. The van der Waals surface area contributed by atoms with Gasteiger partial charge in [0.15, 0.2) is 11.5 Å². The Balaban J connectivity index is 1.71. The fourth-order valence-electron chi connectivity index (χ4n) is 4.59. The van der Waals surface area contributed by atoms with E-state index in [9.17, 15) is 9.59 Å². The normalized spacial score (nSPS) is 16.8. The Labute approximate surface area is 215 Å². The lowest BCUT2D eigenvalue weighted by atomic mass is 9.92. The largest absolute Gasteiger partial charge is 0.497 e. The lowest BCUT2D eigenvalue weighted by molar-refractivity contribution is -0.122. The van der Waals surface area contributed by atoms with E-state index in [1.54, 1.807) is 43.4 Å². The van der Waals surface area contributed by atoms with Crippen LogP contribution in [0.25, 0.3) is 0 Å². The molecule has 3 aromatic rings. The van der Waals surface area contributed by atoms with E-state index in [0.717, 1.165) is 5.56 Å². The zero-order valence-corrected chi connectivity index (χ0v) is 21.4. The van der Waals surface area contributed by atoms with Crippen molar-refractivity contribution >= 4 is 23.2 Å². The molecule has 1 fully saturated rings. The first-order valence-corrected chi connectivity index (χ1v) is 11.6. The lowest BCUT2D eigenvalue weighted by Crippen LogP contribution is -2.32. The molecule has 0 saturated carbocycles. The molecular formula is C28H30N2O7. The molecule has 0 aromatic heterocycles. The zero-order valence-electron chi connectivity index (χ0n) is 21.4. The fourth-order valence-corrected chi connectivity index (χ4v) is 4.59. The van der Waals surface area contributed by atoms with Gasteiger partial charge in [-0.2, -0.15) is 0 Å². The van der Waals surface area contributed by atoms with E-state index in [2.05, 4.69) is 5.32 Å². The number of anilines is 2. The minimum atomic E-state index is -0.665. The van der Waals surface area contributed by atoms with E-state index in [1.807, 2.05) is 36.4 Å². The Morgan fingerprint density at radius 1 is 0.784 bits per heavy atom. The number of methoxy groups -OCH3 is 5. The molecule has 9 heteroatoms. The molecule has 1 heterocycles. The Kier molecular flexibility index (Phi) is 7.71. The monoisotopic (exact) mass is 506 g/mol. The van der Waals surface area contributed by atoms with Gasteiger partial charge in [-0.25, -0.2) is 0 Å². The summed E-state index contributed by atoms with van der Waals surface area (Å²) in [5.41, 5.74) is 1.95. The van der Waals surface area contributed by atoms with E-state index in [-0.39, 0.29) is 18.2 Å². The third-order valence-electron chi connectivity index (χ3n) is 6.40. The van der Waals surface area contributed by atoms with Crippen LogP contribution in [0.4, 0.5) is 11.4 Å². The Morgan fingerprint density at radius 3 is 1.81 bits per heavy atom. The van der Waals surface area contributed by atoms with Gasteiger partial charge in [0.2, 0.25) is 17.6 Å². The summed E-state index contributed by atoms with van der Waals surface area (Å²) in [5, 5.41) is 2.94. The standard InChI is InChI=1S/C28H30N2O7/c1-33-20-10-6-17(7-11-20)26-22(16-25(31)30(26)19-8-12-21(34-2)13-9-19)28(32)29-18-14-23(35-3)27(37-5)24(15-18)36-4/h6-15,22,26H,16H2,1-5H3,(H,29,32)/t22-,26+/m1/s1. The Hall–Kier alpha value is -4.40. The van der Waals surface area contributed by atoms with E-state index < -0.39 is 12.0 Å². The molecule has 4 rings (SSSR count). The van der Waals surface area contributed by atoms with Gasteiger partial charge in [-0.15, -0.1) is 0 Å². The molecule has 1 N–H and O–H groups in total. The van der Waals surface area contributed by atoms with Crippen molar-refractivity contribution in [1.29, 1.82) is 0 Å². The van der Waals surface area contributed by atoms with Crippen LogP contribution in [0.2, 0.25) is 0 Å². The van der Waals surface area contributed by atoms with Gasteiger partial charge >= 0.3 is 0 Å². The summed E-state index contributed by atoms with van der Waals surface area (Å²) in [6, 6.07) is 17.4. The van der Waals surface area contributed by atoms with Gasteiger partial charge in [0.1, 0.15) is 11.5 Å². The zero-order chi connectivity index (χ0) is 26.5. The minimum absolute atomic E-state index is 0.0407. The third kappa shape index (κ3) is 5.11. The van der Waals surface area contributed by atoms with Crippen molar-refractivity contribution in [3.63, 3.8) is 0 Å². The third-order valence-corrected chi connectivity index (χ3v) is 6.40. The molecule has 9 nitrogen and oxygen atoms in total. The number of carbonyl (C=O) groups is 2. The van der Waals surface area contributed by atoms with Gasteiger partial charge < -0.3 is 33.9 Å². The molecule has 0 bridgehead atoms. The number of nitrogens with zero attached hydrogens (tertiary/aromatic N) is 1. The topological polar surface area (TPSA) is 95.6 Å². The Morgan fingerprint density at radius 2 is 1.32 bits per heavy atom. The highest BCUT2D eigenvalue weighted by molar-refractivity contribution is 6.05. The first kappa shape index (κ1) is 25.7. The second kappa shape index (κ2) is 11.1. The maximum Gasteiger partial charge on any atom is 0.230 e. The van der Waals surface area contributed by atoms with Gasteiger partial charge in [-0.1, -0.05) is 12.1 Å². The fraction of sp³-hybridized carbons (Fsp3) is 0.286. The van der Waals surface area contributed by atoms with Crippen molar-refractivity contribution in [2.24, 2.45) is 5.92 Å². The molecule has 37 heavy (non-hydrogen) atoms. The second-order valence-electron chi connectivity index (χ2n) is 8.39. The number of ether oxygens (including phenoxy) is 5. The van der Waals surface area contributed by atoms with Crippen molar-refractivity contribution in [2.75, 3.05) is 45.8 Å². The minimum Gasteiger partial charge on any atom is -0.497 e. The first-order chi connectivity index (χ1) is 17.9. The summed E-state index contributed by atoms with van der Waals surface area (Å²) < 4.78 is 26.8. The molecule has 0 unspecified atom stereocenters. The van der Waals surface area contributed by atoms with Crippen molar-refractivity contribution in [1.82, 2.24) is 0 Å². The van der Waals surface area contributed by atoms with Crippen molar-refractivity contribution in [3.05, 3.63) is 66.2 Å². The summed E-state index contributed by atoms with van der Waals surface area (Å²) in [7, 11) is 7.69. The predicted octanol–water partition coefficient (Wildman–Crippen LogP) is 4.46. The highest BCUT2D eigenvalue weighted by Gasteiger charge is 2.45. The molecular weight excluding hydrogens is 476 g/mol. The summed E-state index contributed by atoms with van der Waals surface area (Å²) in [5.74, 6) is 1.46. The molecule has 0 aliphatic carbocycles. The van der Waals surface area contributed by atoms with Crippen LogP contribution >= 0.6 is 0 Å². The van der Waals surface area contributed by atoms with Gasteiger partial charge in [0, 0.05) is 29.9 Å². The SMILES string of the molecule is COc1ccc([C@H]2[C@H](C(=O)Nc3cc(OC)c(OC)c(OC)c3)CC(=O)N2c2ccc(OC)cc2)cc1. The van der Waals surface area contributed by atoms with Crippen molar-refractivity contribution < 1.29 is 33.3 Å². The van der Waals surface area contributed by atoms with Crippen molar-refractivity contribution in [3.8, 4) is 28.7 Å². The average Bonchev–Trinajstić information content (AvgIpc) is 3.29. The Bertz CT molecular complexity index is 1230. The van der Waals surface area contributed by atoms with Crippen molar-refractivity contribution in [2.45, 2.75) is 12.5 Å². The van der Waals surface area contributed by atoms with Crippen LogP contribution in [0.1, 0.15) is 18.0 Å². The van der Waals surface area contributed by atoms with Crippen LogP contribution in [0.3, 0.4) is 0 Å². The molecule has 1 aliphatic heterocycles. The number of benzene rings is 3. The number of carbonyl (C=O) groups excluding carboxylic acids is 2. The molecule has 0 radical (unpaired) electrons. The summed E-state index contributed by atoms with van der Waals surface area (Å²) in [4.78, 5) is 28.6. The summed E-state index contributed by atoms with van der Waals surface area (Å²) >= 11 is 0. The average molecular weight is 507 g/mol. The molecule has 3 aromatic carbocycles. The van der Waals surface area contributed by atoms with E-state index in [0.29, 0.717) is 40.1 Å². The molecule has 2 atom stereocenters. The quantitative estimate of drug-likeness (QED) is 0.458. The van der Waals surface area contributed by atoms with E-state index >= 15 is 0 Å². The summed E-state index contributed by atoms with van der Waals surface area (Å²) in [6.07, 6.45) is 0.0407. The van der Waals surface area contributed by atoms with Gasteiger partial charge in [-0.05, 0) is 42.0 Å². The number of rotatable bonds is 9. The number of hydrogen-bond acceptors (Lipinski definition) is 7. The van der Waals surface area contributed by atoms with Crippen LogP contribution in [-0.2, 0) is 9.59 Å². The molecule has 1 aliphatic rings. The number of hydrogen-bond donors (Lipinski definition) is 1. The molecule has 194 valence electrons. The highest BCUT2D eigenvalue weighted by atomic mass is 16.5. The number of nitrogens with one attached hydrogen (secondary N) is 1. The van der Waals surface area contributed by atoms with Crippen LogP contribution in [-0.4, -0.2) is 47.4 Å². The van der Waals surface area contributed by atoms with Crippen LogP contribution < -0.4 is 33.9 Å². The van der Waals surface area contributed by atoms with Gasteiger partial charge in [-0.3, -0.25) is 9.59 Å². The van der Waals surface area contributed by atoms with Crippen LogP contribution in [0, 0.1) is 5.92 Å². The first-order valence-electron chi connectivity index (χ1n) is 11.6. The number of amides is 2. The van der Waals surface area contributed by atoms with Gasteiger partial charge in [0.25, 0.3) is 0 Å². The molecule has 2 amide bonds. The maximum absolute atomic E-state index is 13.7. The van der Waals surface area contributed by atoms with Crippen LogP contribution in [0.5, 0.6) is 28.7 Å². The lowest BCUT2D eigenvalue weighted by Gasteiger charge is -2.28. The van der Waals surface area contributed by atoms with Crippen LogP contribution in [0.15, 0.2) is 60.7 Å². The second-order valence-corrected chi connectivity index (χ2v) is 8.39. The molecule has 0 spiro atoms. The summed E-state index contributed by atoms with van der Waals surface area (Å²) in [6.45, 7) is 0. The highest BCUT2D eigenvalue weighted by Crippen LogP contribution is 2.44. The predicted molar refractivity (Wildman–Crippen MR) is 139 cm³/mol.